The molecule has 136 valence electrons. The van der Waals surface area contributed by atoms with E-state index in [0.717, 1.165) is 0 Å². The first-order valence-corrected chi connectivity index (χ1v) is 8.31. The molecule has 27 heavy (non-hydrogen) atoms. The number of nitrogens with one attached hydrogen (secondary N) is 1. The van der Waals surface area contributed by atoms with Crippen LogP contribution in [0.2, 0.25) is 0 Å². The highest BCUT2D eigenvalue weighted by atomic mass is 16.5. The van der Waals surface area contributed by atoms with Gasteiger partial charge in [-0.2, -0.15) is 5.26 Å². The number of anilines is 1. The fourth-order valence-corrected chi connectivity index (χ4v) is 3.92. The lowest BCUT2D eigenvalue weighted by Gasteiger charge is -2.33. The number of ether oxygens (including phenoxy) is 1. The van der Waals surface area contributed by atoms with E-state index in [2.05, 4.69) is 5.32 Å². The predicted octanol–water partition coefficient (Wildman–Crippen LogP) is 0.473. The normalized spacial score (nSPS) is 20.0. The Bertz CT molecular complexity index is 1130. The summed E-state index contributed by atoms with van der Waals surface area (Å²) in [5, 5.41) is 21.8. The average Bonchev–Trinajstić information content (AvgIpc) is 2.91. The summed E-state index contributed by atoms with van der Waals surface area (Å²) >= 11 is 0. The maximum atomic E-state index is 13.3. The van der Waals surface area contributed by atoms with Gasteiger partial charge in [-0.1, -0.05) is 18.2 Å². The zero-order chi connectivity index (χ0) is 19.3. The van der Waals surface area contributed by atoms with E-state index < -0.39 is 16.9 Å². The first-order chi connectivity index (χ1) is 13.0. The van der Waals surface area contributed by atoms with E-state index in [9.17, 15) is 20.0 Å². The van der Waals surface area contributed by atoms with Crippen LogP contribution < -0.4 is 21.3 Å². The molecule has 0 unspecified atom stereocenters. The van der Waals surface area contributed by atoms with Crippen molar-refractivity contribution in [3.05, 3.63) is 69.0 Å². The minimum absolute atomic E-state index is 0.0229. The number of benzene rings is 1. The van der Waals surface area contributed by atoms with E-state index in [4.69, 9.17) is 10.5 Å². The van der Waals surface area contributed by atoms with Crippen LogP contribution in [-0.4, -0.2) is 22.2 Å². The van der Waals surface area contributed by atoms with Crippen LogP contribution in [0, 0.1) is 18.3 Å². The number of para-hydroxylation sites is 1. The second kappa shape index (κ2) is 5.72. The van der Waals surface area contributed by atoms with Gasteiger partial charge in [0.15, 0.2) is 5.41 Å². The summed E-state index contributed by atoms with van der Waals surface area (Å²) in [7, 11) is 0. The SMILES string of the molecule is Cc1cc2c(c(=O)n1CCO)[C@@]1(C(=O)Nc3ccccc31)C(C#N)=C(N)O2. The van der Waals surface area contributed by atoms with Gasteiger partial charge in [0, 0.05) is 29.6 Å². The van der Waals surface area contributed by atoms with Crippen LogP contribution in [0.4, 0.5) is 5.69 Å². The number of nitrogens with zero attached hydrogens (tertiary/aromatic N) is 2. The number of hydrogen-bond donors (Lipinski definition) is 3. The molecule has 1 aromatic carbocycles. The summed E-state index contributed by atoms with van der Waals surface area (Å²) < 4.78 is 6.92. The number of aliphatic hydroxyl groups excluding tert-OH is 1. The molecule has 0 fully saturated rings. The number of rotatable bonds is 2. The van der Waals surface area contributed by atoms with Crippen LogP contribution in [0.25, 0.3) is 0 Å². The first-order valence-electron chi connectivity index (χ1n) is 8.31. The van der Waals surface area contributed by atoms with Crippen molar-refractivity contribution in [3.8, 4) is 11.8 Å². The summed E-state index contributed by atoms with van der Waals surface area (Å²) in [6, 6.07) is 10.4. The minimum atomic E-state index is -1.69. The van der Waals surface area contributed by atoms with Gasteiger partial charge in [0.1, 0.15) is 17.4 Å². The number of hydrogen-bond acceptors (Lipinski definition) is 6. The Morgan fingerprint density at radius 2 is 2.11 bits per heavy atom. The third-order valence-electron chi connectivity index (χ3n) is 5.04. The largest absolute Gasteiger partial charge is 0.440 e. The third-order valence-corrected chi connectivity index (χ3v) is 5.04. The molecule has 3 heterocycles. The Kier molecular flexibility index (Phi) is 3.58. The highest BCUT2D eigenvalue weighted by molar-refractivity contribution is 6.12. The molecule has 0 saturated carbocycles. The van der Waals surface area contributed by atoms with Crippen LogP contribution in [0.5, 0.6) is 5.75 Å². The van der Waals surface area contributed by atoms with Gasteiger partial charge in [-0.25, -0.2) is 0 Å². The van der Waals surface area contributed by atoms with E-state index in [1.54, 1.807) is 37.3 Å². The number of fused-ring (bicyclic) bond motifs is 4. The molecular formula is C19H16N4O4. The molecule has 1 amide bonds. The Hall–Kier alpha value is -3.57. The van der Waals surface area contributed by atoms with Crippen LogP contribution in [0.3, 0.4) is 0 Å². The maximum Gasteiger partial charge on any atom is 0.259 e. The fraction of sp³-hybridized carbons (Fsp3) is 0.211. The Morgan fingerprint density at radius 1 is 1.37 bits per heavy atom. The summed E-state index contributed by atoms with van der Waals surface area (Å²) in [6.45, 7) is 1.49. The number of aliphatic hydroxyl groups is 1. The molecule has 8 nitrogen and oxygen atoms in total. The molecule has 8 heteroatoms. The van der Waals surface area contributed by atoms with Crippen molar-refractivity contribution in [1.82, 2.24) is 4.57 Å². The maximum absolute atomic E-state index is 13.3. The second-order valence-corrected chi connectivity index (χ2v) is 6.41. The molecule has 4 rings (SSSR count). The highest BCUT2D eigenvalue weighted by Gasteiger charge is 2.58. The molecule has 0 radical (unpaired) electrons. The van der Waals surface area contributed by atoms with Crippen molar-refractivity contribution < 1.29 is 14.6 Å². The molecule has 2 aromatic rings. The highest BCUT2D eigenvalue weighted by Crippen LogP contribution is 2.51. The van der Waals surface area contributed by atoms with Crippen LogP contribution in [0.1, 0.15) is 16.8 Å². The summed E-state index contributed by atoms with van der Waals surface area (Å²) in [6.07, 6.45) is 0. The van der Waals surface area contributed by atoms with E-state index in [-0.39, 0.29) is 35.9 Å². The molecule has 2 aliphatic heterocycles. The van der Waals surface area contributed by atoms with E-state index in [1.807, 2.05) is 6.07 Å². The van der Waals surface area contributed by atoms with Gasteiger partial charge in [0.25, 0.3) is 5.56 Å². The first kappa shape index (κ1) is 16.9. The van der Waals surface area contributed by atoms with Gasteiger partial charge in [0.05, 0.1) is 12.2 Å². The molecular weight excluding hydrogens is 348 g/mol. The predicted molar refractivity (Wildman–Crippen MR) is 95.8 cm³/mol. The smallest absolute Gasteiger partial charge is 0.259 e. The van der Waals surface area contributed by atoms with Crippen molar-refractivity contribution in [2.75, 3.05) is 11.9 Å². The number of amides is 1. The monoisotopic (exact) mass is 364 g/mol. The zero-order valence-corrected chi connectivity index (χ0v) is 14.4. The lowest BCUT2D eigenvalue weighted by molar-refractivity contribution is -0.118. The second-order valence-electron chi connectivity index (χ2n) is 6.41. The average molecular weight is 364 g/mol. The van der Waals surface area contributed by atoms with E-state index >= 15 is 0 Å². The number of nitriles is 1. The lowest BCUT2D eigenvalue weighted by atomic mass is 9.69. The molecule has 4 N–H and O–H groups in total. The molecule has 0 bridgehead atoms. The molecule has 1 spiro atoms. The Labute approximate surface area is 154 Å². The molecule has 1 atom stereocenters. The lowest BCUT2D eigenvalue weighted by Crippen LogP contribution is -2.47. The van der Waals surface area contributed by atoms with E-state index in [0.29, 0.717) is 16.9 Å². The zero-order valence-electron chi connectivity index (χ0n) is 14.4. The van der Waals surface area contributed by atoms with Crippen LogP contribution in [-0.2, 0) is 16.8 Å². The van der Waals surface area contributed by atoms with Gasteiger partial charge in [0.2, 0.25) is 11.8 Å². The van der Waals surface area contributed by atoms with Crippen molar-refractivity contribution in [2.45, 2.75) is 18.9 Å². The quantitative estimate of drug-likeness (QED) is 0.710. The fourth-order valence-electron chi connectivity index (χ4n) is 3.92. The number of nitrogens with two attached hydrogens (primary N) is 1. The van der Waals surface area contributed by atoms with Gasteiger partial charge >= 0.3 is 0 Å². The topological polar surface area (TPSA) is 130 Å². The summed E-state index contributed by atoms with van der Waals surface area (Å²) in [5.74, 6) is -0.616. The Balaban J connectivity index is 2.19. The number of aryl methyl sites for hydroxylation is 1. The molecule has 1 aromatic heterocycles. The van der Waals surface area contributed by atoms with Crippen LogP contribution >= 0.6 is 0 Å². The number of pyridine rings is 1. The summed E-state index contributed by atoms with van der Waals surface area (Å²) in [4.78, 5) is 26.5. The van der Waals surface area contributed by atoms with E-state index in [1.165, 1.54) is 4.57 Å². The molecule has 0 aliphatic carbocycles. The summed E-state index contributed by atoms with van der Waals surface area (Å²) in [5.41, 5.74) is 5.19. The van der Waals surface area contributed by atoms with Gasteiger partial charge in [-0.15, -0.1) is 0 Å². The van der Waals surface area contributed by atoms with Gasteiger partial charge in [-0.05, 0) is 13.0 Å². The van der Waals surface area contributed by atoms with Crippen molar-refractivity contribution >= 4 is 11.6 Å². The van der Waals surface area contributed by atoms with Crippen LogP contribution in [0.15, 0.2) is 46.6 Å². The van der Waals surface area contributed by atoms with Gasteiger partial charge in [-0.3, -0.25) is 9.59 Å². The number of aromatic nitrogens is 1. The molecule has 2 aliphatic rings. The van der Waals surface area contributed by atoms with Crippen molar-refractivity contribution in [1.29, 1.82) is 5.26 Å². The van der Waals surface area contributed by atoms with Crippen molar-refractivity contribution in [2.24, 2.45) is 5.73 Å². The third kappa shape index (κ3) is 2.00. The molecule has 0 saturated heterocycles. The minimum Gasteiger partial charge on any atom is -0.440 e. The number of carbonyl (C=O) groups excluding carboxylic acids is 1. The standard InChI is InChI=1S/C19H16N4O4/c1-10-8-14-15(17(25)23(10)6-7-24)19(12(9-20)16(21)27-14)11-4-2-3-5-13(11)22-18(19)26/h2-5,8,24H,6-7,21H2,1H3,(H,22,26)/t19-/m0/s1. The number of carbonyl (C=O) groups is 1. The Morgan fingerprint density at radius 3 is 2.81 bits per heavy atom. The van der Waals surface area contributed by atoms with Gasteiger partial charge < -0.3 is 25.5 Å². The van der Waals surface area contributed by atoms with Crippen molar-refractivity contribution in [3.63, 3.8) is 0 Å².